The Labute approximate surface area is 146 Å². The van der Waals surface area contributed by atoms with E-state index in [1.54, 1.807) is 17.1 Å². The first-order valence-corrected chi connectivity index (χ1v) is 8.15. The summed E-state index contributed by atoms with van der Waals surface area (Å²) in [6.07, 6.45) is 3.32. The summed E-state index contributed by atoms with van der Waals surface area (Å²) in [6, 6.07) is 5.84. The maximum atomic E-state index is 12.2. The average molecular weight is 339 g/mol. The van der Waals surface area contributed by atoms with E-state index in [-0.39, 0.29) is 18.4 Å². The zero-order valence-corrected chi connectivity index (χ0v) is 14.8. The minimum absolute atomic E-state index is 0.122. The van der Waals surface area contributed by atoms with E-state index in [4.69, 9.17) is 4.52 Å². The highest BCUT2D eigenvalue weighted by Gasteiger charge is 2.14. The quantitative estimate of drug-likeness (QED) is 0.771. The summed E-state index contributed by atoms with van der Waals surface area (Å²) in [6.45, 7) is 8.18. The number of amides is 1. The third-order valence-corrected chi connectivity index (χ3v) is 3.91. The van der Waals surface area contributed by atoms with E-state index in [1.807, 2.05) is 45.9 Å². The van der Waals surface area contributed by atoms with E-state index in [9.17, 15) is 4.79 Å². The Kier molecular flexibility index (Phi) is 4.65. The van der Waals surface area contributed by atoms with E-state index in [2.05, 4.69) is 20.4 Å². The van der Waals surface area contributed by atoms with Crippen molar-refractivity contribution in [1.82, 2.24) is 19.7 Å². The van der Waals surface area contributed by atoms with Gasteiger partial charge in [0.2, 0.25) is 17.6 Å². The number of nitrogens with zero attached hydrogens (tertiary/aromatic N) is 4. The van der Waals surface area contributed by atoms with E-state index >= 15 is 0 Å². The molecule has 0 unspecified atom stereocenters. The van der Waals surface area contributed by atoms with Gasteiger partial charge in [0.1, 0.15) is 12.2 Å². The molecular formula is C18H21N5O2. The van der Waals surface area contributed by atoms with Crippen molar-refractivity contribution in [2.24, 2.45) is 0 Å². The van der Waals surface area contributed by atoms with Crippen molar-refractivity contribution in [3.8, 4) is 11.5 Å². The molecule has 1 amide bonds. The van der Waals surface area contributed by atoms with Crippen LogP contribution in [0.2, 0.25) is 0 Å². The number of anilines is 1. The number of benzene rings is 1. The fourth-order valence-corrected chi connectivity index (χ4v) is 2.32. The number of aryl methyl sites for hydroxylation is 2. The first-order chi connectivity index (χ1) is 11.9. The lowest BCUT2D eigenvalue weighted by Gasteiger charge is -2.08. The number of rotatable bonds is 5. The Morgan fingerprint density at radius 3 is 2.76 bits per heavy atom. The van der Waals surface area contributed by atoms with Crippen LogP contribution in [-0.2, 0) is 11.3 Å². The van der Waals surface area contributed by atoms with Gasteiger partial charge in [-0.15, -0.1) is 0 Å². The van der Waals surface area contributed by atoms with Gasteiger partial charge >= 0.3 is 0 Å². The topological polar surface area (TPSA) is 85.8 Å². The van der Waals surface area contributed by atoms with Gasteiger partial charge in [0.15, 0.2) is 0 Å². The fraction of sp³-hybridized carbons (Fsp3) is 0.333. The maximum Gasteiger partial charge on any atom is 0.244 e. The highest BCUT2D eigenvalue weighted by molar-refractivity contribution is 5.90. The van der Waals surface area contributed by atoms with E-state index in [0.29, 0.717) is 17.4 Å². The average Bonchev–Trinajstić information content (AvgIpc) is 3.19. The Bertz CT molecular complexity index is 895. The van der Waals surface area contributed by atoms with Crippen molar-refractivity contribution in [3.05, 3.63) is 47.7 Å². The molecule has 0 aliphatic heterocycles. The number of nitrogens with one attached hydrogen (secondary N) is 1. The lowest BCUT2D eigenvalue weighted by atomic mass is 10.1. The Morgan fingerprint density at radius 2 is 2.08 bits per heavy atom. The molecule has 0 saturated carbocycles. The van der Waals surface area contributed by atoms with Crippen LogP contribution < -0.4 is 5.32 Å². The molecule has 1 N–H and O–H groups in total. The molecule has 0 fully saturated rings. The van der Waals surface area contributed by atoms with Crippen LogP contribution in [0.1, 0.15) is 36.8 Å². The molecule has 0 aliphatic carbocycles. The molecule has 2 aromatic heterocycles. The smallest absolute Gasteiger partial charge is 0.244 e. The number of carbonyl (C=O) groups is 1. The highest BCUT2D eigenvalue weighted by Crippen LogP contribution is 2.18. The van der Waals surface area contributed by atoms with E-state index in [0.717, 1.165) is 11.3 Å². The predicted molar refractivity (Wildman–Crippen MR) is 94.2 cm³/mol. The second kappa shape index (κ2) is 6.88. The molecule has 7 heteroatoms. The van der Waals surface area contributed by atoms with E-state index < -0.39 is 0 Å². The van der Waals surface area contributed by atoms with Crippen LogP contribution >= 0.6 is 0 Å². The molecule has 0 bridgehead atoms. The standard InChI is InChI=1S/C18H21N5O2/c1-11(2)18-21-17(22-25-18)15-8-23(10-19-15)9-16(24)20-14-6-5-12(3)13(4)7-14/h5-8,10-11H,9H2,1-4H3,(H,20,24). The van der Waals surface area contributed by atoms with Crippen molar-refractivity contribution in [1.29, 1.82) is 0 Å². The fourth-order valence-electron chi connectivity index (χ4n) is 2.32. The second-order valence-electron chi connectivity index (χ2n) is 6.39. The Hall–Kier alpha value is -2.96. The molecule has 0 saturated heterocycles. The molecular weight excluding hydrogens is 318 g/mol. The van der Waals surface area contributed by atoms with Gasteiger partial charge in [-0.25, -0.2) is 4.98 Å². The zero-order chi connectivity index (χ0) is 18.0. The number of aromatic nitrogens is 4. The van der Waals surface area contributed by atoms with Crippen molar-refractivity contribution < 1.29 is 9.32 Å². The highest BCUT2D eigenvalue weighted by atomic mass is 16.5. The van der Waals surface area contributed by atoms with Gasteiger partial charge < -0.3 is 14.4 Å². The number of imidazole rings is 1. The lowest BCUT2D eigenvalue weighted by Crippen LogP contribution is -2.17. The monoisotopic (exact) mass is 339 g/mol. The molecule has 3 rings (SSSR count). The van der Waals surface area contributed by atoms with E-state index in [1.165, 1.54) is 5.56 Å². The van der Waals surface area contributed by atoms with Crippen molar-refractivity contribution in [2.75, 3.05) is 5.32 Å². The van der Waals surface area contributed by atoms with Crippen molar-refractivity contribution in [3.63, 3.8) is 0 Å². The second-order valence-corrected chi connectivity index (χ2v) is 6.39. The SMILES string of the molecule is Cc1ccc(NC(=O)Cn2cnc(-c3noc(C(C)C)n3)c2)cc1C. The number of hydrogen-bond acceptors (Lipinski definition) is 5. The minimum atomic E-state index is -0.122. The van der Waals surface area contributed by atoms with Gasteiger partial charge in [-0.2, -0.15) is 4.98 Å². The van der Waals surface area contributed by atoms with Crippen LogP contribution in [0.25, 0.3) is 11.5 Å². The van der Waals surface area contributed by atoms with Crippen molar-refractivity contribution in [2.45, 2.75) is 40.2 Å². The molecule has 25 heavy (non-hydrogen) atoms. The van der Waals surface area contributed by atoms with Gasteiger partial charge in [0.25, 0.3) is 0 Å². The summed E-state index contributed by atoms with van der Waals surface area (Å²) in [7, 11) is 0. The largest absolute Gasteiger partial charge is 0.339 e. The van der Waals surface area contributed by atoms with Crippen LogP contribution in [-0.4, -0.2) is 25.6 Å². The first-order valence-electron chi connectivity index (χ1n) is 8.15. The summed E-state index contributed by atoms with van der Waals surface area (Å²) >= 11 is 0. The molecule has 7 nitrogen and oxygen atoms in total. The molecule has 0 radical (unpaired) electrons. The third-order valence-electron chi connectivity index (χ3n) is 3.91. The van der Waals surface area contributed by atoms with Gasteiger partial charge in [0.05, 0.1) is 6.33 Å². The minimum Gasteiger partial charge on any atom is -0.339 e. The van der Waals surface area contributed by atoms with Crippen LogP contribution in [0, 0.1) is 13.8 Å². The molecule has 0 spiro atoms. The molecule has 130 valence electrons. The Balaban J connectivity index is 1.66. The van der Waals surface area contributed by atoms with Crippen LogP contribution in [0.5, 0.6) is 0 Å². The maximum absolute atomic E-state index is 12.2. The Morgan fingerprint density at radius 1 is 1.28 bits per heavy atom. The van der Waals surface area contributed by atoms with Gasteiger partial charge in [-0.3, -0.25) is 4.79 Å². The number of carbonyl (C=O) groups excluding carboxylic acids is 1. The summed E-state index contributed by atoms with van der Waals surface area (Å²) in [4.78, 5) is 20.8. The molecule has 0 atom stereocenters. The molecule has 2 heterocycles. The predicted octanol–water partition coefficient (Wildman–Crippen LogP) is 3.31. The molecule has 1 aromatic carbocycles. The summed E-state index contributed by atoms with van der Waals surface area (Å²) in [5, 5.41) is 6.81. The van der Waals surface area contributed by atoms with Gasteiger partial charge in [0, 0.05) is 17.8 Å². The van der Waals surface area contributed by atoms with Crippen LogP contribution in [0.3, 0.4) is 0 Å². The molecule has 0 aliphatic rings. The third kappa shape index (κ3) is 3.93. The normalized spacial score (nSPS) is 11.1. The van der Waals surface area contributed by atoms with Crippen LogP contribution in [0.15, 0.2) is 35.2 Å². The van der Waals surface area contributed by atoms with Crippen LogP contribution in [0.4, 0.5) is 5.69 Å². The van der Waals surface area contributed by atoms with Crippen molar-refractivity contribution >= 4 is 11.6 Å². The summed E-state index contributed by atoms with van der Waals surface area (Å²) in [5.74, 6) is 1.03. The first kappa shape index (κ1) is 16.9. The lowest BCUT2D eigenvalue weighted by molar-refractivity contribution is -0.116. The molecule has 3 aromatic rings. The summed E-state index contributed by atoms with van der Waals surface area (Å²) in [5.41, 5.74) is 3.70. The van der Waals surface area contributed by atoms with Gasteiger partial charge in [-0.1, -0.05) is 25.1 Å². The number of hydrogen-bond donors (Lipinski definition) is 1. The summed E-state index contributed by atoms with van der Waals surface area (Å²) < 4.78 is 6.87. The van der Waals surface area contributed by atoms with Gasteiger partial charge in [-0.05, 0) is 37.1 Å². The zero-order valence-electron chi connectivity index (χ0n) is 14.8.